The van der Waals surface area contributed by atoms with Crippen LogP contribution in [-0.4, -0.2) is 11.7 Å². The maximum absolute atomic E-state index is 5.04. The zero-order valence-electron chi connectivity index (χ0n) is 21.3. The van der Waals surface area contributed by atoms with Crippen LogP contribution in [0, 0.1) is 0 Å². The Morgan fingerprint density at radius 2 is 0.878 bits per heavy atom. The fraction of sp³-hybridized carbons (Fsp3) is 0.0625. The second kappa shape index (κ2) is 9.02. The smallest absolute Gasteiger partial charge is 0.451 e. The van der Waals surface area contributed by atoms with Crippen molar-refractivity contribution in [2.75, 3.05) is 0 Å². The van der Waals surface area contributed by atoms with Crippen molar-refractivity contribution in [3.8, 4) is 0 Å². The summed E-state index contributed by atoms with van der Waals surface area (Å²) in [7, 11) is 0. The minimum absolute atomic E-state index is 0. The second-order valence-electron chi connectivity index (χ2n) is 9.92. The number of aliphatic imine (C=N–C) groups is 2. The SMILES string of the molecule is [Co+2].c1ccc2c(c1)/C1=N/c3[n-]c(c4ccccc34)/N=C3\[N-]C(/N=c4\[n-]/c(c5ccccc45)=N\C2[N-]1)c1ccccc13. The van der Waals surface area contributed by atoms with Gasteiger partial charge in [-0.25, -0.2) is 0 Å². The molecule has 1 radical (unpaired) electrons. The van der Waals surface area contributed by atoms with Gasteiger partial charge in [-0.3, -0.25) is 0 Å². The molecule has 5 heterocycles. The van der Waals surface area contributed by atoms with E-state index >= 15 is 0 Å². The van der Waals surface area contributed by atoms with Crippen molar-refractivity contribution >= 4 is 44.9 Å². The summed E-state index contributed by atoms with van der Waals surface area (Å²) in [5.74, 6) is 2.33. The van der Waals surface area contributed by atoms with Gasteiger partial charge < -0.3 is 40.6 Å². The number of nitrogens with zero attached hydrogens (tertiary/aromatic N) is 8. The molecular formula is C32H18CoN8-2. The molecule has 2 aromatic heterocycles. The summed E-state index contributed by atoms with van der Waals surface area (Å²) in [5.41, 5.74) is 5.04. The molecule has 6 aromatic rings. The molecule has 4 aromatic carbocycles. The first kappa shape index (κ1) is 23.9. The molecule has 9 heteroatoms. The molecule has 3 aliphatic rings. The van der Waals surface area contributed by atoms with Crippen molar-refractivity contribution in [2.24, 2.45) is 20.0 Å². The molecule has 0 aliphatic carbocycles. The normalized spacial score (nSPS) is 22.3. The molecule has 0 spiro atoms. The van der Waals surface area contributed by atoms with Crippen LogP contribution >= 0.6 is 0 Å². The number of fused-ring (bicyclic) bond motifs is 20. The van der Waals surface area contributed by atoms with Gasteiger partial charge in [-0.05, 0) is 55.4 Å². The monoisotopic (exact) mass is 573 g/mol. The molecular weight excluding hydrogens is 555 g/mol. The van der Waals surface area contributed by atoms with Gasteiger partial charge in [0.2, 0.25) is 0 Å². The van der Waals surface area contributed by atoms with Crippen LogP contribution in [0.1, 0.15) is 34.6 Å². The molecule has 8 nitrogen and oxygen atoms in total. The van der Waals surface area contributed by atoms with E-state index in [1.54, 1.807) is 0 Å². The Morgan fingerprint density at radius 1 is 0.463 bits per heavy atom. The Bertz CT molecular complexity index is 2050. The van der Waals surface area contributed by atoms with Gasteiger partial charge in [-0.2, -0.15) is 0 Å². The second-order valence-corrected chi connectivity index (χ2v) is 9.92. The van der Waals surface area contributed by atoms with Crippen LogP contribution in [0.15, 0.2) is 117 Å². The van der Waals surface area contributed by atoms with Crippen LogP contribution in [-0.2, 0) is 16.8 Å². The third-order valence-electron chi connectivity index (χ3n) is 7.60. The number of hydrogen-bond acceptors (Lipinski definition) is 4. The van der Waals surface area contributed by atoms with E-state index in [0.717, 1.165) is 43.8 Å². The van der Waals surface area contributed by atoms with Crippen LogP contribution in [0.2, 0.25) is 0 Å². The van der Waals surface area contributed by atoms with Gasteiger partial charge in [0.15, 0.2) is 0 Å². The minimum atomic E-state index is -0.476. The number of rotatable bonds is 0. The van der Waals surface area contributed by atoms with E-state index in [4.69, 9.17) is 40.6 Å². The quantitative estimate of drug-likeness (QED) is 0.230. The summed E-state index contributed by atoms with van der Waals surface area (Å²) in [6, 6.07) is 32.2. The molecule has 0 saturated heterocycles. The Labute approximate surface area is 244 Å². The van der Waals surface area contributed by atoms with Gasteiger partial charge in [0, 0.05) is 23.3 Å². The molecule has 41 heavy (non-hydrogen) atoms. The van der Waals surface area contributed by atoms with Crippen LogP contribution < -0.4 is 20.9 Å². The summed E-state index contributed by atoms with van der Waals surface area (Å²) in [5, 5.41) is 13.6. The predicted molar refractivity (Wildman–Crippen MR) is 154 cm³/mol. The van der Waals surface area contributed by atoms with E-state index in [1.807, 2.05) is 97.1 Å². The van der Waals surface area contributed by atoms with Crippen molar-refractivity contribution in [3.05, 3.63) is 141 Å². The largest absolute Gasteiger partial charge is 2.00 e. The number of aromatic nitrogens is 2. The minimum Gasteiger partial charge on any atom is -0.451 e. The third-order valence-corrected chi connectivity index (χ3v) is 7.60. The van der Waals surface area contributed by atoms with Gasteiger partial charge in [0.25, 0.3) is 0 Å². The Balaban J connectivity index is 0.00000256. The summed E-state index contributed by atoms with van der Waals surface area (Å²) in [6.45, 7) is 0. The van der Waals surface area contributed by atoms with Crippen LogP contribution in [0.5, 0.6) is 0 Å². The van der Waals surface area contributed by atoms with Crippen LogP contribution in [0.4, 0.5) is 11.6 Å². The van der Waals surface area contributed by atoms with Crippen molar-refractivity contribution in [3.63, 3.8) is 0 Å². The average molecular weight is 573 g/mol. The molecule has 0 saturated carbocycles. The topological polar surface area (TPSA) is 106 Å². The van der Waals surface area contributed by atoms with Gasteiger partial charge in [0.1, 0.15) is 0 Å². The van der Waals surface area contributed by atoms with E-state index in [2.05, 4.69) is 0 Å². The summed E-state index contributed by atoms with van der Waals surface area (Å²) in [4.78, 5) is 29.8. The van der Waals surface area contributed by atoms with Crippen molar-refractivity contribution < 1.29 is 16.8 Å². The molecule has 8 bridgehead atoms. The molecule has 3 aliphatic heterocycles. The van der Waals surface area contributed by atoms with E-state index in [0.29, 0.717) is 34.3 Å². The molecule has 0 N–H and O–H groups in total. The summed E-state index contributed by atoms with van der Waals surface area (Å²) >= 11 is 0. The van der Waals surface area contributed by atoms with E-state index in [-0.39, 0.29) is 16.8 Å². The fourth-order valence-corrected chi connectivity index (χ4v) is 5.72. The van der Waals surface area contributed by atoms with Gasteiger partial charge in [0.05, 0.1) is 0 Å². The Hall–Kier alpha value is -4.99. The van der Waals surface area contributed by atoms with Crippen LogP contribution in [0.25, 0.3) is 32.2 Å². The van der Waals surface area contributed by atoms with Crippen molar-refractivity contribution in [2.45, 2.75) is 12.3 Å². The van der Waals surface area contributed by atoms with E-state index in [9.17, 15) is 0 Å². The van der Waals surface area contributed by atoms with E-state index in [1.165, 1.54) is 0 Å². The molecule has 2 atom stereocenters. The van der Waals surface area contributed by atoms with E-state index < -0.39 is 12.3 Å². The maximum atomic E-state index is 5.04. The first-order valence-electron chi connectivity index (χ1n) is 13.1. The van der Waals surface area contributed by atoms with Gasteiger partial charge >= 0.3 is 16.8 Å². The Kier molecular flexibility index (Phi) is 5.25. The first-order chi connectivity index (χ1) is 19.8. The first-order valence-corrected chi connectivity index (χ1v) is 13.1. The standard InChI is InChI=1S/C32H18N8.Co/c1-2-10-18-17(9-1)25-33-26(18)38-28-21-13-5-6-14-22(21)30(35-28)40-32-24-16-8-7-15-23(24)31(36-32)39-29-20-12-4-3-11-19(20)27(34-29)37-25;/h1-16,25,31H;/q-4;+2. The summed E-state index contributed by atoms with van der Waals surface area (Å²) in [6.07, 6.45) is -0.951. The van der Waals surface area contributed by atoms with Crippen molar-refractivity contribution in [1.82, 2.24) is 9.97 Å². The fourth-order valence-electron chi connectivity index (χ4n) is 5.72. The molecule has 0 fully saturated rings. The number of benzene rings is 4. The third kappa shape index (κ3) is 3.59. The predicted octanol–water partition coefficient (Wildman–Crippen LogP) is 5.79. The summed E-state index contributed by atoms with van der Waals surface area (Å²) < 4.78 is 0. The molecule has 197 valence electrons. The van der Waals surface area contributed by atoms with Crippen LogP contribution in [0.3, 0.4) is 0 Å². The number of amidine groups is 2. The molecule has 2 unspecified atom stereocenters. The van der Waals surface area contributed by atoms with Gasteiger partial charge in [-0.15, -0.1) is 0 Å². The molecule has 0 amide bonds. The maximum Gasteiger partial charge on any atom is 2.00 e. The van der Waals surface area contributed by atoms with Gasteiger partial charge in [-0.1, -0.05) is 109 Å². The zero-order chi connectivity index (χ0) is 26.2. The average Bonchev–Trinajstić information content (AvgIpc) is 3.73. The Morgan fingerprint density at radius 3 is 1.37 bits per heavy atom. The molecule has 9 rings (SSSR count). The van der Waals surface area contributed by atoms with Crippen molar-refractivity contribution in [1.29, 1.82) is 0 Å². The zero-order valence-corrected chi connectivity index (χ0v) is 22.3. The number of hydrogen-bond donors (Lipinski definition) is 0.